The monoisotopic (exact) mass is 444 g/mol. The summed E-state index contributed by atoms with van der Waals surface area (Å²) in [5.41, 5.74) is 2.56. The highest BCUT2D eigenvalue weighted by molar-refractivity contribution is 5.69. The summed E-state index contributed by atoms with van der Waals surface area (Å²) in [5.74, 6) is -0.659. The number of rotatable bonds is 10. The molecule has 0 aliphatic heterocycles. The Bertz CT molecular complexity index is 778. The van der Waals surface area contributed by atoms with Gasteiger partial charge in [0.1, 0.15) is 6.17 Å². The van der Waals surface area contributed by atoms with Crippen molar-refractivity contribution in [2.75, 3.05) is 0 Å². The van der Waals surface area contributed by atoms with E-state index < -0.39 is 24.3 Å². The van der Waals surface area contributed by atoms with Gasteiger partial charge in [-0.2, -0.15) is 0 Å². The molecule has 1 aromatic carbocycles. The second kappa shape index (κ2) is 11.8. The smallest absolute Gasteiger partial charge is 0.306 e. The zero-order valence-corrected chi connectivity index (χ0v) is 19.2. The summed E-state index contributed by atoms with van der Waals surface area (Å²) in [7, 11) is 0. The van der Waals surface area contributed by atoms with Crippen LogP contribution in [0.3, 0.4) is 0 Å². The summed E-state index contributed by atoms with van der Waals surface area (Å²) in [6.45, 7) is 3.67. The first-order valence-corrected chi connectivity index (χ1v) is 11.9. The Labute approximate surface area is 191 Å². The molecule has 4 nitrogen and oxygen atoms in total. The van der Waals surface area contributed by atoms with Crippen LogP contribution in [0.5, 0.6) is 0 Å². The predicted molar refractivity (Wildman–Crippen MR) is 124 cm³/mol. The van der Waals surface area contributed by atoms with E-state index in [1.54, 1.807) is 12.2 Å². The molecule has 0 unspecified atom stereocenters. The molecular weight excluding hydrogens is 407 g/mol. The van der Waals surface area contributed by atoms with Crippen molar-refractivity contribution in [1.29, 1.82) is 0 Å². The van der Waals surface area contributed by atoms with E-state index in [1.165, 1.54) is 11.1 Å². The number of alkyl halides is 1. The predicted octanol–water partition coefficient (Wildman–Crippen LogP) is 4.72. The van der Waals surface area contributed by atoms with Gasteiger partial charge < -0.3 is 14.9 Å². The van der Waals surface area contributed by atoms with Crippen molar-refractivity contribution >= 4 is 5.97 Å². The average molecular weight is 445 g/mol. The van der Waals surface area contributed by atoms with Crippen LogP contribution >= 0.6 is 0 Å². The molecule has 2 N–H and O–H groups in total. The number of hydrogen-bond donors (Lipinski definition) is 2. The van der Waals surface area contributed by atoms with Crippen LogP contribution < -0.4 is 0 Å². The maximum Gasteiger partial charge on any atom is 0.306 e. The highest BCUT2D eigenvalue weighted by atomic mass is 19.1. The molecule has 0 bridgehead atoms. The van der Waals surface area contributed by atoms with Crippen molar-refractivity contribution in [3.05, 3.63) is 59.7 Å². The first-order chi connectivity index (χ1) is 15.3. The molecule has 0 amide bonds. The average Bonchev–Trinajstić information content (AvgIpc) is 3.29. The highest BCUT2D eigenvalue weighted by Gasteiger charge is 2.40. The van der Waals surface area contributed by atoms with Gasteiger partial charge in [0.25, 0.3) is 0 Å². The number of benzene rings is 1. The van der Waals surface area contributed by atoms with E-state index in [1.807, 2.05) is 38.1 Å². The van der Waals surface area contributed by atoms with Gasteiger partial charge in [-0.15, -0.1) is 0 Å². The third-order valence-electron chi connectivity index (χ3n) is 6.66. The zero-order chi connectivity index (χ0) is 23.1. The maximum absolute atomic E-state index is 14.6. The van der Waals surface area contributed by atoms with Crippen LogP contribution in [0.4, 0.5) is 4.39 Å². The van der Waals surface area contributed by atoms with Gasteiger partial charge >= 0.3 is 5.97 Å². The number of aliphatic hydroxyl groups is 2. The van der Waals surface area contributed by atoms with Crippen LogP contribution in [-0.2, 0) is 22.4 Å². The van der Waals surface area contributed by atoms with Crippen molar-refractivity contribution in [2.45, 2.75) is 83.3 Å². The Morgan fingerprint density at radius 1 is 1.22 bits per heavy atom. The van der Waals surface area contributed by atoms with Crippen LogP contribution in [0.2, 0.25) is 0 Å². The molecule has 0 spiro atoms. The number of halogens is 1. The van der Waals surface area contributed by atoms with E-state index in [9.17, 15) is 19.4 Å². The van der Waals surface area contributed by atoms with Crippen molar-refractivity contribution < 1.29 is 24.1 Å². The number of aliphatic hydroxyl groups excluding tert-OH is 2. The molecule has 32 heavy (non-hydrogen) atoms. The first kappa shape index (κ1) is 24.7. The summed E-state index contributed by atoms with van der Waals surface area (Å²) in [5, 5.41) is 21.0. The molecule has 5 atom stereocenters. The highest BCUT2D eigenvalue weighted by Crippen LogP contribution is 2.38. The fourth-order valence-corrected chi connectivity index (χ4v) is 4.96. The third-order valence-corrected chi connectivity index (χ3v) is 6.66. The molecule has 176 valence electrons. The van der Waals surface area contributed by atoms with Crippen molar-refractivity contribution in [2.24, 2.45) is 17.8 Å². The number of fused-ring (bicyclic) bond motifs is 1. The molecule has 2 aliphatic rings. The number of carbonyl (C=O) groups is 1. The Morgan fingerprint density at radius 3 is 2.56 bits per heavy atom. The molecule has 3 rings (SSSR count). The van der Waals surface area contributed by atoms with Crippen LogP contribution in [0.1, 0.15) is 57.1 Å². The van der Waals surface area contributed by atoms with Crippen molar-refractivity contribution in [1.82, 2.24) is 0 Å². The Kier molecular flexibility index (Phi) is 9.06. The second-order valence-corrected chi connectivity index (χ2v) is 9.51. The molecule has 0 saturated heterocycles. The van der Waals surface area contributed by atoms with E-state index in [0.29, 0.717) is 19.3 Å². The molecule has 0 radical (unpaired) electrons. The summed E-state index contributed by atoms with van der Waals surface area (Å²) >= 11 is 0. The lowest BCUT2D eigenvalue weighted by Crippen LogP contribution is -2.21. The number of esters is 1. The summed E-state index contributed by atoms with van der Waals surface area (Å²) in [6, 6.07) is 8.25. The van der Waals surface area contributed by atoms with Gasteiger partial charge in [0.15, 0.2) is 0 Å². The topological polar surface area (TPSA) is 66.8 Å². The van der Waals surface area contributed by atoms with Gasteiger partial charge in [0.2, 0.25) is 0 Å². The minimum Gasteiger partial charge on any atom is -0.463 e. The van der Waals surface area contributed by atoms with Crippen LogP contribution in [0.25, 0.3) is 0 Å². The van der Waals surface area contributed by atoms with Gasteiger partial charge in [-0.25, -0.2) is 4.39 Å². The number of unbranched alkanes of at least 4 members (excludes halogenated alkanes) is 1. The van der Waals surface area contributed by atoms with E-state index in [0.717, 1.165) is 19.3 Å². The van der Waals surface area contributed by atoms with Crippen molar-refractivity contribution in [3.8, 4) is 0 Å². The molecule has 2 aliphatic carbocycles. The minimum atomic E-state index is -1.10. The lowest BCUT2D eigenvalue weighted by atomic mass is 9.89. The first-order valence-electron chi connectivity index (χ1n) is 11.9. The molecule has 1 fully saturated rings. The lowest BCUT2D eigenvalue weighted by molar-refractivity contribution is -0.147. The lowest BCUT2D eigenvalue weighted by Gasteiger charge is -2.20. The Morgan fingerprint density at radius 2 is 1.91 bits per heavy atom. The van der Waals surface area contributed by atoms with Gasteiger partial charge in [0.05, 0.1) is 18.3 Å². The molecule has 1 saturated carbocycles. The number of hydrogen-bond acceptors (Lipinski definition) is 4. The van der Waals surface area contributed by atoms with Gasteiger partial charge in [-0.05, 0) is 68.9 Å². The van der Waals surface area contributed by atoms with E-state index >= 15 is 0 Å². The number of ether oxygens (including phenoxy) is 1. The molecule has 5 heteroatoms. The second-order valence-electron chi connectivity index (χ2n) is 9.51. The standard InChI is InChI=1S/C27H37FO4/c1-18(2)32-27(31)12-6-4-3-5-11-23-22(24(28)17-26(23)30)13-14-25(29)21-15-19-9-7-8-10-20(19)16-21/h3,5,7-10,13-14,18,21-26,29-30H,4,6,11-12,15-17H2,1-2H3/b5-3-,14-13+/t22-,23-,24+,25+,26+/m1/s1. The number of allylic oxidation sites excluding steroid dienone is 3. The van der Waals surface area contributed by atoms with Crippen LogP contribution in [-0.4, -0.2) is 40.7 Å². The largest absolute Gasteiger partial charge is 0.463 e. The number of carbonyl (C=O) groups excluding carboxylic acids is 1. The zero-order valence-electron chi connectivity index (χ0n) is 19.2. The van der Waals surface area contributed by atoms with Crippen molar-refractivity contribution in [3.63, 3.8) is 0 Å². The summed E-state index contributed by atoms with van der Waals surface area (Å²) < 4.78 is 19.7. The summed E-state index contributed by atoms with van der Waals surface area (Å²) in [4.78, 5) is 11.6. The Balaban J connectivity index is 1.47. The van der Waals surface area contributed by atoms with E-state index in [4.69, 9.17) is 4.74 Å². The SMILES string of the molecule is CC(C)OC(=O)CCC/C=C\C[C@@H]1[C@@H](/C=C/[C@H](O)C2Cc3ccccc3C2)[C@@H](F)C[C@@H]1O. The molecular formula is C27H37FO4. The summed E-state index contributed by atoms with van der Waals surface area (Å²) in [6.07, 6.45) is 9.24. The third kappa shape index (κ3) is 6.76. The minimum absolute atomic E-state index is 0.0944. The van der Waals surface area contributed by atoms with Crippen LogP contribution in [0, 0.1) is 17.8 Å². The Hall–Kier alpha value is -1.98. The van der Waals surface area contributed by atoms with E-state index in [2.05, 4.69) is 12.1 Å². The van der Waals surface area contributed by atoms with Gasteiger partial charge in [-0.1, -0.05) is 48.6 Å². The quantitative estimate of drug-likeness (QED) is 0.311. The van der Waals surface area contributed by atoms with Gasteiger partial charge in [-0.3, -0.25) is 4.79 Å². The molecule has 0 heterocycles. The molecule has 0 aromatic heterocycles. The van der Waals surface area contributed by atoms with Gasteiger partial charge in [0, 0.05) is 18.8 Å². The fourth-order valence-electron chi connectivity index (χ4n) is 4.96. The van der Waals surface area contributed by atoms with Crippen LogP contribution in [0.15, 0.2) is 48.6 Å². The molecule has 1 aromatic rings. The fraction of sp³-hybridized carbons (Fsp3) is 0.593. The maximum atomic E-state index is 14.6. The normalized spacial score (nSPS) is 26.9. The van der Waals surface area contributed by atoms with E-state index in [-0.39, 0.29) is 30.3 Å².